The van der Waals surface area contributed by atoms with E-state index in [0.29, 0.717) is 18.0 Å². The molecule has 98 valence electrons. The molecule has 1 aliphatic carbocycles. The van der Waals surface area contributed by atoms with Gasteiger partial charge in [-0.15, -0.1) is 0 Å². The van der Waals surface area contributed by atoms with E-state index in [9.17, 15) is 0 Å². The van der Waals surface area contributed by atoms with Crippen molar-refractivity contribution >= 4 is 11.7 Å². The third-order valence-corrected chi connectivity index (χ3v) is 3.70. The number of aliphatic imine (C=N–C) groups is 2. The van der Waals surface area contributed by atoms with Crippen molar-refractivity contribution in [1.29, 1.82) is 0 Å². The van der Waals surface area contributed by atoms with E-state index >= 15 is 0 Å². The van der Waals surface area contributed by atoms with E-state index < -0.39 is 0 Å². The zero-order valence-electron chi connectivity index (χ0n) is 11.6. The Morgan fingerprint density at radius 1 is 1.41 bits per heavy atom. The quantitative estimate of drug-likeness (QED) is 0.602. The van der Waals surface area contributed by atoms with Gasteiger partial charge in [-0.3, -0.25) is 4.90 Å². The van der Waals surface area contributed by atoms with Gasteiger partial charge in [0.2, 0.25) is 5.96 Å². The molecule has 0 aliphatic heterocycles. The number of rotatable bonds is 4. The van der Waals surface area contributed by atoms with Crippen LogP contribution in [0.1, 0.15) is 46.5 Å². The Balaban J connectivity index is 2.59. The molecule has 4 heteroatoms. The van der Waals surface area contributed by atoms with Gasteiger partial charge in [0.05, 0.1) is 6.04 Å². The molecule has 1 saturated carbocycles. The first-order valence-electron chi connectivity index (χ1n) is 6.63. The molecule has 1 atom stereocenters. The maximum Gasteiger partial charge on any atom is 0.215 e. The molecule has 1 unspecified atom stereocenters. The highest BCUT2D eigenvalue weighted by molar-refractivity contribution is 5.97. The summed E-state index contributed by atoms with van der Waals surface area (Å²) in [5.74, 6) is 0.450. The SMILES string of the molecule is CCN(C)C(C)C(C)=NC(N)=NC1CCCC1. The standard InChI is InChI=1S/C13H26N4/c1-5-17(4)11(3)10(2)15-13(14)16-12-8-6-7-9-12/h11-12H,5-9H2,1-4H3,(H2,14,16). The van der Waals surface area contributed by atoms with E-state index in [0.717, 1.165) is 12.3 Å². The van der Waals surface area contributed by atoms with Crippen molar-refractivity contribution < 1.29 is 0 Å². The van der Waals surface area contributed by atoms with Crippen LogP contribution >= 0.6 is 0 Å². The lowest BCUT2D eigenvalue weighted by molar-refractivity contribution is 0.328. The van der Waals surface area contributed by atoms with Crippen molar-refractivity contribution in [1.82, 2.24) is 4.90 Å². The minimum absolute atomic E-state index is 0.317. The molecule has 0 aromatic carbocycles. The average Bonchev–Trinajstić information content (AvgIpc) is 2.79. The van der Waals surface area contributed by atoms with Gasteiger partial charge in [0.25, 0.3) is 0 Å². The topological polar surface area (TPSA) is 54.0 Å². The molecule has 0 aromatic heterocycles. The molecule has 1 fully saturated rings. The summed E-state index contributed by atoms with van der Waals surface area (Å²) in [6.07, 6.45) is 4.89. The Bertz CT molecular complexity index is 290. The molecule has 17 heavy (non-hydrogen) atoms. The van der Waals surface area contributed by atoms with E-state index in [1.165, 1.54) is 25.7 Å². The maximum absolute atomic E-state index is 5.88. The monoisotopic (exact) mass is 238 g/mol. The molecule has 0 heterocycles. The highest BCUT2D eigenvalue weighted by Crippen LogP contribution is 2.20. The fraction of sp³-hybridized carbons (Fsp3) is 0.846. The molecule has 4 nitrogen and oxygen atoms in total. The van der Waals surface area contributed by atoms with Gasteiger partial charge in [-0.05, 0) is 40.3 Å². The molecular weight excluding hydrogens is 212 g/mol. The molecular formula is C13H26N4. The summed E-state index contributed by atoms with van der Waals surface area (Å²) >= 11 is 0. The lowest BCUT2D eigenvalue weighted by atomic mass is 10.2. The Morgan fingerprint density at radius 2 is 2.00 bits per heavy atom. The summed E-state index contributed by atoms with van der Waals surface area (Å²) in [4.78, 5) is 11.1. The third kappa shape index (κ3) is 4.46. The van der Waals surface area contributed by atoms with Crippen LogP contribution in [-0.2, 0) is 0 Å². The summed E-state index contributed by atoms with van der Waals surface area (Å²) < 4.78 is 0. The molecule has 0 bridgehead atoms. The van der Waals surface area contributed by atoms with Crippen LogP contribution in [0.3, 0.4) is 0 Å². The van der Waals surface area contributed by atoms with Crippen molar-refractivity contribution in [3.63, 3.8) is 0 Å². The van der Waals surface area contributed by atoms with Crippen LogP contribution in [-0.4, -0.2) is 42.2 Å². The number of nitrogens with zero attached hydrogens (tertiary/aromatic N) is 3. The Hall–Kier alpha value is -0.900. The van der Waals surface area contributed by atoms with Crippen LogP contribution < -0.4 is 5.73 Å². The summed E-state index contributed by atoms with van der Waals surface area (Å²) in [6.45, 7) is 7.31. The lowest BCUT2D eigenvalue weighted by Gasteiger charge is -2.22. The second kappa shape index (κ2) is 6.74. The van der Waals surface area contributed by atoms with Gasteiger partial charge in [0.1, 0.15) is 0 Å². The van der Waals surface area contributed by atoms with Gasteiger partial charge in [-0.1, -0.05) is 19.8 Å². The van der Waals surface area contributed by atoms with E-state index in [1.807, 2.05) is 6.92 Å². The van der Waals surface area contributed by atoms with Crippen molar-refractivity contribution in [3.05, 3.63) is 0 Å². The molecule has 2 N–H and O–H groups in total. The van der Waals surface area contributed by atoms with Gasteiger partial charge < -0.3 is 5.73 Å². The normalized spacial score (nSPS) is 21.2. The van der Waals surface area contributed by atoms with Crippen LogP contribution in [0.2, 0.25) is 0 Å². The van der Waals surface area contributed by atoms with Crippen LogP contribution in [0.5, 0.6) is 0 Å². The maximum atomic E-state index is 5.88. The summed E-state index contributed by atoms with van der Waals surface area (Å²) in [7, 11) is 2.09. The van der Waals surface area contributed by atoms with Gasteiger partial charge in [0, 0.05) is 11.8 Å². The van der Waals surface area contributed by atoms with Crippen LogP contribution in [0.15, 0.2) is 9.98 Å². The number of nitrogens with two attached hydrogens (primary N) is 1. The predicted octanol–water partition coefficient (Wildman–Crippen LogP) is 2.04. The van der Waals surface area contributed by atoms with Crippen molar-refractivity contribution in [2.75, 3.05) is 13.6 Å². The lowest BCUT2D eigenvalue weighted by Crippen LogP contribution is -2.35. The second-order valence-corrected chi connectivity index (χ2v) is 4.93. The summed E-state index contributed by atoms with van der Waals surface area (Å²) in [6, 6.07) is 0.725. The van der Waals surface area contributed by atoms with Crippen molar-refractivity contribution in [2.45, 2.75) is 58.5 Å². The highest BCUT2D eigenvalue weighted by Gasteiger charge is 2.14. The van der Waals surface area contributed by atoms with Gasteiger partial charge in [0.15, 0.2) is 0 Å². The first kappa shape index (κ1) is 14.2. The molecule has 0 aromatic rings. The Labute approximate surface area is 105 Å². The highest BCUT2D eigenvalue weighted by atomic mass is 15.1. The molecule has 0 amide bonds. The first-order chi connectivity index (χ1) is 8.04. The molecule has 0 radical (unpaired) electrons. The minimum atomic E-state index is 0.317. The third-order valence-electron chi connectivity index (χ3n) is 3.70. The van der Waals surface area contributed by atoms with E-state index in [-0.39, 0.29) is 0 Å². The number of hydrogen-bond acceptors (Lipinski definition) is 2. The number of guanidine groups is 1. The smallest absolute Gasteiger partial charge is 0.215 e. The van der Waals surface area contributed by atoms with Crippen LogP contribution in [0.25, 0.3) is 0 Å². The van der Waals surface area contributed by atoms with Gasteiger partial charge in [-0.2, -0.15) is 0 Å². The first-order valence-corrected chi connectivity index (χ1v) is 6.63. The zero-order chi connectivity index (χ0) is 12.8. The van der Waals surface area contributed by atoms with Crippen molar-refractivity contribution in [3.8, 4) is 0 Å². The minimum Gasteiger partial charge on any atom is -0.368 e. The van der Waals surface area contributed by atoms with Gasteiger partial charge >= 0.3 is 0 Å². The number of hydrogen-bond donors (Lipinski definition) is 1. The van der Waals surface area contributed by atoms with Gasteiger partial charge in [-0.25, -0.2) is 9.98 Å². The van der Waals surface area contributed by atoms with Crippen molar-refractivity contribution in [2.24, 2.45) is 15.7 Å². The Kier molecular flexibility index (Phi) is 5.62. The molecule has 1 aliphatic rings. The Morgan fingerprint density at radius 3 is 2.53 bits per heavy atom. The molecule has 1 rings (SSSR count). The fourth-order valence-electron chi connectivity index (χ4n) is 2.12. The van der Waals surface area contributed by atoms with Crippen LogP contribution in [0, 0.1) is 0 Å². The fourth-order valence-corrected chi connectivity index (χ4v) is 2.12. The average molecular weight is 238 g/mol. The summed E-state index contributed by atoms with van der Waals surface area (Å²) in [5, 5.41) is 0. The molecule has 0 saturated heterocycles. The summed E-state index contributed by atoms with van der Waals surface area (Å²) in [5.41, 5.74) is 6.91. The molecule has 0 spiro atoms. The van der Waals surface area contributed by atoms with E-state index in [1.54, 1.807) is 0 Å². The predicted molar refractivity (Wildman–Crippen MR) is 74.8 cm³/mol. The zero-order valence-corrected chi connectivity index (χ0v) is 11.6. The largest absolute Gasteiger partial charge is 0.368 e. The van der Waals surface area contributed by atoms with Crippen LogP contribution in [0.4, 0.5) is 0 Å². The van der Waals surface area contributed by atoms with E-state index in [4.69, 9.17) is 5.73 Å². The second-order valence-electron chi connectivity index (χ2n) is 4.93. The van der Waals surface area contributed by atoms with E-state index in [2.05, 4.69) is 35.8 Å².